The van der Waals surface area contributed by atoms with Crippen molar-refractivity contribution in [2.75, 3.05) is 12.3 Å². The fourth-order valence-electron chi connectivity index (χ4n) is 0.855. The van der Waals surface area contributed by atoms with Gasteiger partial charge in [0.25, 0.3) is 0 Å². The lowest BCUT2D eigenvalue weighted by molar-refractivity contribution is 0.129. The van der Waals surface area contributed by atoms with E-state index < -0.39 is 0 Å². The molecule has 11 heavy (non-hydrogen) atoms. The SMILES string of the molecule is CCOCc1c(N)cnn1C. The molecule has 0 radical (unpaired) electrons. The fourth-order valence-corrected chi connectivity index (χ4v) is 0.855. The Kier molecular flexibility index (Phi) is 2.48. The van der Waals surface area contributed by atoms with Crippen LogP contribution in [0.15, 0.2) is 6.20 Å². The number of anilines is 1. The molecule has 2 N–H and O–H groups in total. The van der Waals surface area contributed by atoms with Gasteiger partial charge in [0.1, 0.15) is 0 Å². The number of nitrogens with zero attached hydrogens (tertiary/aromatic N) is 2. The first-order valence-corrected chi connectivity index (χ1v) is 3.59. The summed E-state index contributed by atoms with van der Waals surface area (Å²) in [7, 11) is 1.85. The molecule has 0 atom stereocenters. The lowest BCUT2D eigenvalue weighted by atomic mass is 10.4. The summed E-state index contributed by atoms with van der Waals surface area (Å²) in [5.41, 5.74) is 7.25. The van der Waals surface area contributed by atoms with Gasteiger partial charge in [0, 0.05) is 13.7 Å². The molecule has 0 saturated heterocycles. The lowest BCUT2D eigenvalue weighted by Crippen LogP contribution is -2.03. The second-order valence-corrected chi connectivity index (χ2v) is 2.31. The van der Waals surface area contributed by atoms with E-state index in [0.29, 0.717) is 18.9 Å². The van der Waals surface area contributed by atoms with Crippen molar-refractivity contribution in [1.29, 1.82) is 0 Å². The Labute approximate surface area is 66.0 Å². The van der Waals surface area contributed by atoms with Crippen LogP contribution >= 0.6 is 0 Å². The van der Waals surface area contributed by atoms with Crippen LogP contribution < -0.4 is 5.73 Å². The smallest absolute Gasteiger partial charge is 0.0905 e. The summed E-state index contributed by atoms with van der Waals surface area (Å²) >= 11 is 0. The van der Waals surface area contributed by atoms with Crippen molar-refractivity contribution in [3.8, 4) is 0 Å². The van der Waals surface area contributed by atoms with Crippen LogP contribution in [0.3, 0.4) is 0 Å². The van der Waals surface area contributed by atoms with E-state index in [1.807, 2.05) is 14.0 Å². The molecule has 4 nitrogen and oxygen atoms in total. The van der Waals surface area contributed by atoms with E-state index in [1.165, 1.54) is 0 Å². The van der Waals surface area contributed by atoms with Gasteiger partial charge in [-0.2, -0.15) is 5.10 Å². The Balaban J connectivity index is 2.67. The molecule has 4 heteroatoms. The van der Waals surface area contributed by atoms with Crippen LogP contribution in [-0.2, 0) is 18.4 Å². The van der Waals surface area contributed by atoms with Gasteiger partial charge in [0.05, 0.1) is 24.2 Å². The van der Waals surface area contributed by atoms with Gasteiger partial charge >= 0.3 is 0 Å². The van der Waals surface area contributed by atoms with E-state index in [0.717, 1.165) is 5.69 Å². The van der Waals surface area contributed by atoms with Crippen LogP contribution in [0.2, 0.25) is 0 Å². The van der Waals surface area contributed by atoms with Gasteiger partial charge in [-0.05, 0) is 6.92 Å². The molecule has 0 aliphatic heterocycles. The van der Waals surface area contributed by atoms with Gasteiger partial charge in [-0.15, -0.1) is 0 Å². The molecule has 0 amide bonds. The minimum atomic E-state index is 0.541. The van der Waals surface area contributed by atoms with Gasteiger partial charge in [-0.1, -0.05) is 0 Å². The maximum absolute atomic E-state index is 5.62. The monoisotopic (exact) mass is 155 g/mol. The minimum absolute atomic E-state index is 0.541. The third kappa shape index (κ3) is 1.71. The first-order valence-electron chi connectivity index (χ1n) is 3.59. The van der Waals surface area contributed by atoms with Crippen LogP contribution in [0.25, 0.3) is 0 Å². The molecule has 0 saturated carbocycles. The average molecular weight is 155 g/mol. The molecule has 1 aromatic rings. The van der Waals surface area contributed by atoms with Crippen molar-refractivity contribution in [3.05, 3.63) is 11.9 Å². The highest BCUT2D eigenvalue weighted by Crippen LogP contribution is 2.09. The first kappa shape index (κ1) is 8.07. The summed E-state index contributed by atoms with van der Waals surface area (Å²) in [6.45, 7) is 3.19. The number of aromatic nitrogens is 2. The van der Waals surface area contributed by atoms with Gasteiger partial charge in [-0.3, -0.25) is 4.68 Å². The van der Waals surface area contributed by atoms with E-state index in [4.69, 9.17) is 10.5 Å². The summed E-state index contributed by atoms with van der Waals surface area (Å²) in [6, 6.07) is 0. The lowest BCUT2D eigenvalue weighted by Gasteiger charge is -2.02. The molecule has 0 fully saturated rings. The molecule has 62 valence electrons. The zero-order valence-corrected chi connectivity index (χ0v) is 6.87. The maximum atomic E-state index is 5.62. The molecular formula is C7H13N3O. The predicted octanol–water partition coefficient (Wildman–Crippen LogP) is 0.539. The van der Waals surface area contributed by atoms with Gasteiger partial charge in [-0.25, -0.2) is 0 Å². The highest BCUT2D eigenvalue weighted by Gasteiger charge is 2.03. The van der Waals surface area contributed by atoms with E-state index in [1.54, 1.807) is 10.9 Å². The second-order valence-electron chi connectivity index (χ2n) is 2.31. The van der Waals surface area contributed by atoms with Crippen LogP contribution in [0, 0.1) is 0 Å². The fraction of sp³-hybridized carbons (Fsp3) is 0.571. The number of nitrogens with two attached hydrogens (primary N) is 1. The Hall–Kier alpha value is -1.03. The molecule has 0 aliphatic rings. The molecule has 0 spiro atoms. The Morgan fingerprint density at radius 1 is 1.73 bits per heavy atom. The number of ether oxygens (including phenoxy) is 1. The molecule has 1 aromatic heterocycles. The molecule has 0 aromatic carbocycles. The van der Waals surface area contributed by atoms with E-state index in [9.17, 15) is 0 Å². The topological polar surface area (TPSA) is 53.1 Å². The summed E-state index contributed by atoms with van der Waals surface area (Å²) in [5.74, 6) is 0. The Bertz CT molecular complexity index is 212. The van der Waals surface area contributed by atoms with E-state index in [-0.39, 0.29) is 0 Å². The Morgan fingerprint density at radius 3 is 2.91 bits per heavy atom. The summed E-state index contributed by atoms with van der Waals surface area (Å²) in [5, 5.41) is 3.98. The number of nitrogen functional groups attached to an aromatic ring is 1. The van der Waals surface area contributed by atoms with Gasteiger partial charge < -0.3 is 10.5 Å². The zero-order valence-electron chi connectivity index (χ0n) is 6.87. The van der Waals surface area contributed by atoms with Crippen molar-refractivity contribution >= 4 is 5.69 Å². The van der Waals surface area contributed by atoms with Gasteiger partial charge in [0.2, 0.25) is 0 Å². The van der Waals surface area contributed by atoms with Crippen molar-refractivity contribution in [2.45, 2.75) is 13.5 Å². The normalized spacial score (nSPS) is 10.4. The molecule has 1 heterocycles. The van der Waals surface area contributed by atoms with E-state index in [2.05, 4.69) is 5.10 Å². The standard InChI is InChI=1S/C7H13N3O/c1-3-11-5-7-6(8)4-9-10(7)2/h4H,3,5,8H2,1-2H3. The van der Waals surface area contributed by atoms with Crippen molar-refractivity contribution in [2.24, 2.45) is 7.05 Å². The van der Waals surface area contributed by atoms with Crippen molar-refractivity contribution in [3.63, 3.8) is 0 Å². The maximum Gasteiger partial charge on any atom is 0.0905 e. The first-order chi connectivity index (χ1) is 5.25. The average Bonchev–Trinajstić information content (AvgIpc) is 2.29. The van der Waals surface area contributed by atoms with Gasteiger partial charge in [0.15, 0.2) is 0 Å². The minimum Gasteiger partial charge on any atom is -0.396 e. The second kappa shape index (κ2) is 3.39. The van der Waals surface area contributed by atoms with Crippen LogP contribution in [0.5, 0.6) is 0 Å². The molecule has 0 aliphatic carbocycles. The predicted molar refractivity (Wildman–Crippen MR) is 43.0 cm³/mol. The summed E-state index contributed by atoms with van der Waals surface area (Å²) < 4.78 is 6.93. The van der Waals surface area contributed by atoms with Crippen LogP contribution in [0.4, 0.5) is 5.69 Å². The Morgan fingerprint density at radius 2 is 2.45 bits per heavy atom. The number of aryl methyl sites for hydroxylation is 1. The van der Waals surface area contributed by atoms with Crippen molar-refractivity contribution < 1.29 is 4.74 Å². The van der Waals surface area contributed by atoms with Crippen LogP contribution in [-0.4, -0.2) is 16.4 Å². The molecule has 1 rings (SSSR count). The highest BCUT2D eigenvalue weighted by molar-refractivity contribution is 5.40. The van der Waals surface area contributed by atoms with E-state index >= 15 is 0 Å². The number of hydrogen-bond donors (Lipinski definition) is 1. The summed E-state index contributed by atoms with van der Waals surface area (Å²) in [4.78, 5) is 0. The zero-order chi connectivity index (χ0) is 8.27. The molecule has 0 unspecified atom stereocenters. The number of rotatable bonds is 3. The number of hydrogen-bond acceptors (Lipinski definition) is 3. The largest absolute Gasteiger partial charge is 0.396 e. The highest BCUT2D eigenvalue weighted by atomic mass is 16.5. The van der Waals surface area contributed by atoms with Crippen molar-refractivity contribution in [1.82, 2.24) is 9.78 Å². The third-order valence-electron chi connectivity index (χ3n) is 1.54. The third-order valence-corrected chi connectivity index (χ3v) is 1.54. The summed E-state index contributed by atoms with van der Waals surface area (Å²) in [6.07, 6.45) is 1.63. The molecule has 0 bridgehead atoms. The quantitative estimate of drug-likeness (QED) is 0.693. The molecular weight excluding hydrogens is 142 g/mol. The van der Waals surface area contributed by atoms with Crippen LogP contribution in [0.1, 0.15) is 12.6 Å².